The van der Waals surface area contributed by atoms with Crippen LogP contribution in [0.1, 0.15) is 0 Å². The van der Waals surface area contributed by atoms with E-state index in [1.807, 2.05) is 13.1 Å². The first-order valence-corrected chi connectivity index (χ1v) is 7.45. The van der Waals surface area contributed by atoms with Crippen molar-refractivity contribution < 1.29 is 8.42 Å². The Morgan fingerprint density at radius 2 is 1.94 bits per heavy atom. The van der Waals surface area contributed by atoms with E-state index in [2.05, 4.69) is 4.90 Å². The molecule has 1 aromatic rings. The maximum absolute atomic E-state index is 12.5. The summed E-state index contributed by atoms with van der Waals surface area (Å²) in [7, 11) is -1.44. The Bertz CT molecular complexity index is 489. The Hall–Kier alpha value is -0.950. The lowest BCUT2D eigenvalue weighted by molar-refractivity contribution is 0.164. The minimum atomic E-state index is -3.42. The number of nitrogens with two attached hydrogens (primary N) is 1. The van der Waals surface area contributed by atoms with Gasteiger partial charge in [0.25, 0.3) is 0 Å². The van der Waals surface area contributed by atoms with Crippen LogP contribution in [0.4, 0.5) is 0 Å². The van der Waals surface area contributed by atoms with E-state index in [9.17, 15) is 8.42 Å². The Kier molecular flexibility index (Phi) is 4.01. The molecule has 2 rings (SSSR count). The van der Waals surface area contributed by atoms with E-state index in [1.54, 1.807) is 24.3 Å². The van der Waals surface area contributed by atoms with Gasteiger partial charge in [-0.2, -0.15) is 4.31 Å². The Labute approximate surface area is 108 Å². The van der Waals surface area contributed by atoms with Gasteiger partial charge in [-0.3, -0.25) is 0 Å². The summed E-state index contributed by atoms with van der Waals surface area (Å²) in [6.45, 7) is 2.26. The summed E-state index contributed by atoms with van der Waals surface area (Å²) in [5.74, 6) is 0. The van der Waals surface area contributed by atoms with E-state index in [4.69, 9.17) is 5.73 Å². The normalized spacial score (nSPS) is 23.1. The van der Waals surface area contributed by atoms with Crippen molar-refractivity contribution in [2.24, 2.45) is 5.73 Å². The smallest absolute Gasteiger partial charge is 0.243 e. The van der Waals surface area contributed by atoms with E-state index >= 15 is 0 Å². The topological polar surface area (TPSA) is 66.6 Å². The van der Waals surface area contributed by atoms with Crippen molar-refractivity contribution >= 4 is 10.0 Å². The lowest BCUT2D eigenvalue weighted by atomic mass is 10.2. The van der Waals surface area contributed by atoms with Crippen molar-refractivity contribution in [1.29, 1.82) is 0 Å². The summed E-state index contributed by atoms with van der Waals surface area (Å²) in [6.07, 6.45) is 0. The molecule has 2 N–H and O–H groups in total. The Balaban J connectivity index is 2.30. The van der Waals surface area contributed by atoms with Gasteiger partial charge in [0.2, 0.25) is 10.0 Å². The van der Waals surface area contributed by atoms with Crippen LogP contribution in [0, 0.1) is 0 Å². The molecule has 6 heteroatoms. The molecule has 1 aliphatic rings. The molecule has 1 aromatic carbocycles. The maximum Gasteiger partial charge on any atom is 0.243 e. The van der Waals surface area contributed by atoms with Crippen LogP contribution in [-0.2, 0) is 10.0 Å². The number of piperazine rings is 1. The zero-order chi connectivity index (χ0) is 13.2. The standard InChI is InChI=1S/C12H19N3O2S/c1-14-7-8-15(11(9-13)10-14)18(16,17)12-5-3-2-4-6-12/h2-6,11H,7-10,13H2,1H3. The average molecular weight is 269 g/mol. The van der Waals surface area contributed by atoms with E-state index in [0.29, 0.717) is 24.5 Å². The van der Waals surface area contributed by atoms with Crippen molar-refractivity contribution in [2.45, 2.75) is 10.9 Å². The highest BCUT2D eigenvalue weighted by Crippen LogP contribution is 2.20. The second-order valence-corrected chi connectivity index (χ2v) is 6.47. The maximum atomic E-state index is 12.5. The van der Waals surface area contributed by atoms with Crippen LogP contribution >= 0.6 is 0 Å². The molecule has 0 aromatic heterocycles. The summed E-state index contributed by atoms with van der Waals surface area (Å²) >= 11 is 0. The molecule has 1 unspecified atom stereocenters. The van der Waals surface area contributed by atoms with Crippen LogP contribution in [0.15, 0.2) is 35.2 Å². The lowest BCUT2D eigenvalue weighted by Gasteiger charge is -2.38. The quantitative estimate of drug-likeness (QED) is 0.835. The molecule has 0 radical (unpaired) electrons. The minimum Gasteiger partial charge on any atom is -0.329 e. The zero-order valence-corrected chi connectivity index (χ0v) is 11.3. The number of hydrogen-bond acceptors (Lipinski definition) is 4. The van der Waals surface area contributed by atoms with Crippen molar-refractivity contribution in [2.75, 3.05) is 33.2 Å². The third-order valence-corrected chi connectivity index (χ3v) is 5.22. The van der Waals surface area contributed by atoms with Crippen LogP contribution < -0.4 is 5.73 Å². The van der Waals surface area contributed by atoms with Crippen LogP contribution in [0.2, 0.25) is 0 Å². The SMILES string of the molecule is CN1CCN(S(=O)(=O)c2ccccc2)C(CN)C1. The zero-order valence-electron chi connectivity index (χ0n) is 10.5. The number of sulfonamides is 1. The summed E-state index contributed by atoms with van der Waals surface area (Å²) in [5, 5.41) is 0. The summed E-state index contributed by atoms with van der Waals surface area (Å²) < 4.78 is 26.6. The molecular weight excluding hydrogens is 250 g/mol. The molecule has 18 heavy (non-hydrogen) atoms. The fourth-order valence-corrected chi connectivity index (χ4v) is 3.87. The van der Waals surface area contributed by atoms with Crippen LogP contribution in [0.3, 0.4) is 0 Å². The highest BCUT2D eigenvalue weighted by molar-refractivity contribution is 7.89. The molecule has 5 nitrogen and oxygen atoms in total. The highest BCUT2D eigenvalue weighted by atomic mass is 32.2. The van der Waals surface area contributed by atoms with Crippen molar-refractivity contribution in [3.63, 3.8) is 0 Å². The number of hydrogen-bond donors (Lipinski definition) is 1. The molecule has 0 bridgehead atoms. The number of likely N-dealkylation sites (N-methyl/N-ethyl adjacent to an activating group) is 1. The average Bonchev–Trinajstić information content (AvgIpc) is 2.39. The molecule has 1 aliphatic heterocycles. The molecular formula is C12H19N3O2S. The molecule has 0 amide bonds. The van der Waals surface area contributed by atoms with Gasteiger partial charge in [-0.15, -0.1) is 0 Å². The second kappa shape index (κ2) is 5.36. The van der Waals surface area contributed by atoms with Gasteiger partial charge in [-0.25, -0.2) is 8.42 Å². The molecule has 1 atom stereocenters. The largest absolute Gasteiger partial charge is 0.329 e. The molecule has 1 saturated heterocycles. The van der Waals surface area contributed by atoms with Gasteiger partial charge in [0.15, 0.2) is 0 Å². The number of benzene rings is 1. The predicted molar refractivity (Wildman–Crippen MR) is 70.7 cm³/mol. The van der Waals surface area contributed by atoms with Crippen LogP contribution in [-0.4, -0.2) is 56.9 Å². The number of rotatable bonds is 3. The van der Waals surface area contributed by atoms with E-state index in [0.717, 1.165) is 6.54 Å². The fourth-order valence-electron chi connectivity index (χ4n) is 2.23. The van der Waals surface area contributed by atoms with Crippen molar-refractivity contribution in [3.05, 3.63) is 30.3 Å². The van der Waals surface area contributed by atoms with E-state index < -0.39 is 10.0 Å². The second-order valence-electron chi connectivity index (χ2n) is 4.58. The minimum absolute atomic E-state index is 0.144. The van der Waals surface area contributed by atoms with Crippen LogP contribution in [0.25, 0.3) is 0 Å². The van der Waals surface area contributed by atoms with Crippen LogP contribution in [0.5, 0.6) is 0 Å². The fraction of sp³-hybridized carbons (Fsp3) is 0.500. The van der Waals surface area contributed by atoms with Crippen molar-refractivity contribution in [3.8, 4) is 0 Å². The summed E-state index contributed by atoms with van der Waals surface area (Å²) in [6, 6.07) is 8.39. The van der Waals surface area contributed by atoms with Gasteiger partial charge in [-0.1, -0.05) is 18.2 Å². The Morgan fingerprint density at radius 1 is 1.28 bits per heavy atom. The predicted octanol–water partition coefficient (Wildman–Crippen LogP) is -0.0500. The monoisotopic (exact) mass is 269 g/mol. The molecule has 0 saturated carbocycles. The highest BCUT2D eigenvalue weighted by Gasteiger charge is 2.34. The van der Waals surface area contributed by atoms with Gasteiger partial charge in [0.1, 0.15) is 0 Å². The van der Waals surface area contributed by atoms with Gasteiger partial charge >= 0.3 is 0 Å². The lowest BCUT2D eigenvalue weighted by Crippen LogP contribution is -2.56. The first-order valence-electron chi connectivity index (χ1n) is 6.01. The summed E-state index contributed by atoms with van der Waals surface area (Å²) in [5.41, 5.74) is 5.70. The summed E-state index contributed by atoms with van der Waals surface area (Å²) in [4.78, 5) is 2.45. The third-order valence-electron chi connectivity index (χ3n) is 3.25. The third kappa shape index (κ3) is 2.56. The molecule has 0 aliphatic carbocycles. The van der Waals surface area contributed by atoms with Gasteiger partial charge in [-0.05, 0) is 19.2 Å². The molecule has 100 valence electrons. The van der Waals surface area contributed by atoms with Gasteiger partial charge in [0, 0.05) is 26.2 Å². The van der Waals surface area contributed by atoms with E-state index in [-0.39, 0.29) is 6.04 Å². The number of nitrogens with zero attached hydrogens (tertiary/aromatic N) is 2. The molecule has 1 fully saturated rings. The molecule has 1 heterocycles. The van der Waals surface area contributed by atoms with Gasteiger partial charge in [0.05, 0.1) is 10.9 Å². The first-order chi connectivity index (χ1) is 8.55. The van der Waals surface area contributed by atoms with Gasteiger partial charge < -0.3 is 10.6 Å². The first kappa shape index (κ1) is 13.5. The van der Waals surface area contributed by atoms with Crippen molar-refractivity contribution in [1.82, 2.24) is 9.21 Å². The van der Waals surface area contributed by atoms with E-state index in [1.165, 1.54) is 4.31 Å². The molecule has 0 spiro atoms. The Morgan fingerprint density at radius 3 is 2.56 bits per heavy atom.